The molecule has 1 saturated heterocycles. The monoisotopic (exact) mass is 768 g/mol. The summed E-state index contributed by atoms with van der Waals surface area (Å²) in [5.74, 6) is 0.512. The number of carbonyl (C=O) groups excluding carboxylic acids is 1. The Morgan fingerprint density at radius 3 is 2.45 bits per heavy atom. The topological polar surface area (TPSA) is 91.4 Å². The van der Waals surface area contributed by atoms with E-state index in [2.05, 4.69) is 64.5 Å². The van der Waals surface area contributed by atoms with E-state index in [-0.39, 0.29) is 17.4 Å². The van der Waals surface area contributed by atoms with Crippen LogP contribution in [0.25, 0.3) is 0 Å². The third-order valence-electron chi connectivity index (χ3n) is 12.6. The van der Waals surface area contributed by atoms with Crippen molar-refractivity contribution in [3.63, 3.8) is 0 Å². The fraction of sp³-hybridized carbons (Fsp3) is 0.643. The number of rotatable bonds is 3. The molecule has 9 nitrogen and oxygen atoms in total. The Bertz CT molecular complexity index is 1740. The van der Waals surface area contributed by atoms with Gasteiger partial charge in [-0.15, -0.1) is 0 Å². The Balaban J connectivity index is 1.36. The molecule has 1 N–H and O–H groups in total. The Hall–Kier alpha value is -2.63. The highest BCUT2D eigenvalue weighted by atomic mass is 35.5. The van der Waals surface area contributed by atoms with Gasteiger partial charge in [-0.3, -0.25) is 14.6 Å². The average molecular weight is 769 g/mol. The number of ether oxygens (including phenoxy) is 2. The van der Waals surface area contributed by atoms with E-state index in [1.54, 1.807) is 13.0 Å². The highest BCUT2D eigenvalue weighted by Gasteiger charge is 2.48. The van der Waals surface area contributed by atoms with E-state index < -0.39 is 26.8 Å². The number of sulfonamides is 1. The molecular weight excluding hydrogens is 708 g/mol. The minimum atomic E-state index is -3.95. The summed E-state index contributed by atoms with van der Waals surface area (Å²) in [6, 6.07) is 11.5. The van der Waals surface area contributed by atoms with Crippen LogP contribution in [0.3, 0.4) is 0 Å². The number of aryl methyl sites for hydroxylation is 1. The number of nitrogens with one attached hydrogen (secondary N) is 1. The number of amides is 1. The third-order valence-corrected chi connectivity index (χ3v) is 14.7. The smallest absolute Gasteiger partial charge is 0.264 e. The summed E-state index contributed by atoms with van der Waals surface area (Å²) in [5.41, 5.74) is 3.27. The van der Waals surface area contributed by atoms with Gasteiger partial charge >= 0.3 is 0 Å². The maximum absolute atomic E-state index is 13.6. The molecule has 53 heavy (non-hydrogen) atoms. The van der Waals surface area contributed by atoms with Gasteiger partial charge in [-0.05, 0) is 125 Å². The zero-order chi connectivity index (χ0) is 38.0. The van der Waals surface area contributed by atoms with Crippen molar-refractivity contribution in [2.24, 2.45) is 17.8 Å². The fourth-order valence-electron chi connectivity index (χ4n) is 8.78. The minimum Gasteiger partial charge on any atom is -0.491 e. The molecule has 1 amide bonds. The minimum absolute atomic E-state index is 0.136. The van der Waals surface area contributed by atoms with Gasteiger partial charge in [0.25, 0.3) is 5.91 Å². The molecule has 1 aliphatic carbocycles. The zero-order valence-corrected chi connectivity index (χ0v) is 34.3. The van der Waals surface area contributed by atoms with E-state index in [1.807, 2.05) is 32.2 Å². The van der Waals surface area contributed by atoms with Gasteiger partial charge in [0.05, 0.1) is 17.5 Å². The first-order valence-electron chi connectivity index (χ1n) is 19.7. The van der Waals surface area contributed by atoms with E-state index in [0.29, 0.717) is 30.3 Å². The quantitative estimate of drug-likeness (QED) is 0.335. The number of allylic oxidation sites excluding steroid dienone is 1. The maximum atomic E-state index is 13.6. The van der Waals surface area contributed by atoms with E-state index in [4.69, 9.17) is 21.1 Å². The predicted molar refractivity (Wildman–Crippen MR) is 215 cm³/mol. The molecule has 1 saturated carbocycles. The van der Waals surface area contributed by atoms with Crippen molar-refractivity contribution in [1.82, 2.24) is 14.5 Å². The van der Waals surface area contributed by atoms with Gasteiger partial charge in [0.1, 0.15) is 11.4 Å². The Morgan fingerprint density at radius 2 is 1.75 bits per heavy atom. The lowest BCUT2D eigenvalue weighted by Crippen LogP contribution is -2.60. The van der Waals surface area contributed by atoms with Crippen molar-refractivity contribution in [2.45, 2.75) is 96.0 Å². The number of benzene rings is 2. The van der Waals surface area contributed by atoms with Gasteiger partial charge in [0.15, 0.2) is 0 Å². The number of fused-ring (bicyclic) bond motifs is 3. The van der Waals surface area contributed by atoms with Crippen LogP contribution in [0, 0.1) is 17.8 Å². The molecule has 3 aliphatic heterocycles. The fourth-order valence-corrected chi connectivity index (χ4v) is 10.3. The second-order valence-corrected chi connectivity index (χ2v) is 19.4. The summed E-state index contributed by atoms with van der Waals surface area (Å²) in [5, 5.41) is -0.0207. The summed E-state index contributed by atoms with van der Waals surface area (Å²) >= 11 is 6.42. The lowest BCUT2D eigenvalue weighted by atomic mass is 9.63. The van der Waals surface area contributed by atoms with Gasteiger partial charge in [-0.25, -0.2) is 13.1 Å². The number of nitrogens with zero attached hydrogens (tertiary/aromatic N) is 3. The number of hydrogen-bond donors (Lipinski definition) is 1. The van der Waals surface area contributed by atoms with E-state index in [9.17, 15) is 13.2 Å². The molecule has 2 aromatic rings. The first-order valence-corrected chi connectivity index (χ1v) is 21.7. The van der Waals surface area contributed by atoms with E-state index in [1.165, 1.54) is 11.1 Å². The normalized spacial score (nSPS) is 29.9. The number of halogens is 1. The van der Waals surface area contributed by atoms with Gasteiger partial charge < -0.3 is 14.4 Å². The van der Waals surface area contributed by atoms with Crippen LogP contribution in [0.15, 0.2) is 48.6 Å². The number of methoxy groups -OCH3 is 1. The van der Waals surface area contributed by atoms with Crippen molar-refractivity contribution in [2.75, 3.05) is 64.4 Å². The number of anilines is 1. The van der Waals surface area contributed by atoms with Crippen LogP contribution < -0.4 is 14.4 Å². The van der Waals surface area contributed by atoms with E-state index >= 15 is 0 Å². The van der Waals surface area contributed by atoms with Crippen LogP contribution in [-0.2, 0) is 27.6 Å². The Kier molecular flexibility index (Phi) is 12.6. The number of hydrogen-bond acceptors (Lipinski definition) is 8. The second-order valence-electron chi connectivity index (χ2n) is 16.9. The highest BCUT2D eigenvalue weighted by molar-refractivity contribution is 7.90. The molecule has 6 rings (SSSR count). The van der Waals surface area contributed by atoms with Crippen molar-refractivity contribution in [3.8, 4) is 5.75 Å². The number of carbonyl (C=O) groups is 1. The summed E-state index contributed by atoms with van der Waals surface area (Å²) in [4.78, 5) is 21.1. The predicted octanol–water partition coefficient (Wildman–Crippen LogP) is 6.98. The molecule has 3 heterocycles. The summed E-state index contributed by atoms with van der Waals surface area (Å²) in [6.45, 7) is 17.3. The standard InChI is InChI=1S/C42H61ClN4O5S/c1-30-10-9-19-42(51-6,29-45-21-23-47(24-22-45)41(3,4)5)37-16-13-35(37)28-46-20-8-7-11-33-26-36(43)15-12-32(33)18-25-52-39-17-14-34(27-38(39)46)40(48)44-53(49,50)31(30)2/h9,12,14-15,17,19,26-27,30-31,35,37H,7-8,10-11,13,16,18,20-25,28-29H2,1-6H3,(H,44,48)/b19-9+/t30-,31+,35-,37+,42-/m0/s1. The van der Waals surface area contributed by atoms with Crippen LogP contribution >= 0.6 is 11.6 Å². The van der Waals surface area contributed by atoms with Crippen LogP contribution in [0.5, 0.6) is 5.75 Å². The molecule has 5 atom stereocenters. The molecule has 0 radical (unpaired) electrons. The molecule has 0 spiro atoms. The lowest BCUT2D eigenvalue weighted by Gasteiger charge is -2.52. The second kappa shape index (κ2) is 16.6. The van der Waals surface area contributed by atoms with E-state index in [0.717, 1.165) is 95.0 Å². The molecule has 4 aliphatic rings. The van der Waals surface area contributed by atoms with Crippen LogP contribution in [0.1, 0.15) is 88.2 Å². The number of piperazine rings is 1. The average Bonchev–Trinajstić information content (AvgIpc) is 3.10. The summed E-state index contributed by atoms with van der Waals surface area (Å²) < 4.78 is 42.8. The zero-order valence-electron chi connectivity index (χ0n) is 32.7. The van der Waals surface area contributed by atoms with Crippen LogP contribution in [0.2, 0.25) is 5.02 Å². The van der Waals surface area contributed by atoms with Crippen molar-refractivity contribution < 1.29 is 22.7 Å². The Morgan fingerprint density at radius 1 is 0.981 bits per heavy atom. The van der Waals surface area contributed by atoms with Crippen LogP contribution in [-0.4, -0.2) is 100 Å². The first kappa shape index (κ1) is 40.0. The van der Waals surface area contributed by atoms with Gasteiger partial charge in [-0.2, -0.15) is 0 Å². The van der Waals surface area contributed by atoms with Crippen molar-refractivity contribution in [3.05, 3.63) is 70.3 Å². The third kappa shape index (κ3) is 9.26. The van der Waals surface area contributed by atoms with Crippen molar-refractivity contribution >= 4 is 33.2 Å². The summed E-state index contributed by atoms with van der Waals surface area (Å²) in [7, 11) is -2.10. The highest BCUT2D eigenvalue weighted by Crippen LogP contribution is 2.47. The molecule has 292 valence electrons. The van der Waals surface area contributed by atoms with Crippen molar-refractivity contribution in [1.29, 1.82) is 0 Å². The molecule has 2 aromatic carbocycles. The lowest BCUT2D eigenvalue weighted by molar-refractivity contribution is -0.0974. The largest absolute Gasteiger partial charge is 0.491 e. The Labute approximate surface area is 323 Å². The van der Waals surface area contributed by atoms with Gasteiger partial charge in [0, 0.05) is 75.5 Å². The van der Waals surface area contributed by atoms with Gasteiger partial charge in [-0.1, -0.05) is 36.7 Å². The van der Waals surface area contributed by atoms with Gasteiger partial charge in [0.2, 0.25) is 10.0 Å². The molecule has 0 aromatic heterocycles. The maximum Gasteiger partial charge on any atom is 0.264 e. The van der Waals surface area contributed by atoms with Crippen LogP contribution in [0.4, 0.5) is 5.69 Å². The molecule has 2 fully saturated rings. The molecule has 11 heteroatoms. The summed E-state index contributed by atoms with van der Waals surface area (Å²) in [6.07, 6.45) is 10.7. The molecular formula is C42H61ClN4O5S. The molecule has 2 bridgehead atoms. The molecule has 0 unspecified atom stereocenters. The SMILES string of the molecule is CO[C@]1(CN2CCN(C(C)(C)C)CC2)/C=C/C[C@H](C)[C@@H](C)S(=O)(=O)NC(=O)c2ccc3c(c2)N(CCCCc2cc(Cl)ccc2CCO3)C[C@@H]2CC[C@H]21. The first-order chi connectivity index (χ1) is 25.2.